The Hall–Kier alpha value is -0.870. The standard InChI is InChI=1S/C12H17NO2S/c1-12(2)8-11(13-16(3,14)15)9-6-4-5-7-10(9)12/h4-7,11,13H,8H2,1-3H3. The quantitative estimate of drug-likeness (QED) is 0.857. The lowest BCUT2D eigenvalue weighted by molar-refractivity contribution is 0.460. The molecule has 1 aliphatic rings. The molecule has 0 aromatic heterocycles. The molecule has 1 atom stereocenters. The Morgan fingerprint density at radius 3 is 2.56 bits per heavy atom. The summed E-state index contributed by atoms with van der Waals surface area (Å²) in [5.41, 5.74) is 2.40. The summed E-state index contributed by atoms with van der Waals surface area (Å²) < 4.78 is 25.3. The minimum absolute atomic E-state index is 0.0406. The summed E-state index contributed by atoms with van der Waals surface area (Å²) in [6.45, 7) is 4.30. The zero-order valence-corrected chi connectivity index (χ0v) is 10.6. The largest absolute Gasteiger partial charge is 0.213 e. The summed E-state index contributed by atoms with van der Waals surface area (Å²) in [5, 5.41) is 0. The fourth-order valence-electron chi connectivity index (χ4n) is 2.51. The van der Waals surface area contributed by atoms with Crippen molar-refractivity contribution in [3.8, 4) is 0 Å². The van der Waals surface area contributed by atoms with E-state index in [1.807, 2.05) is 18.2 Å². The summed E-state index contributed by atoms with van der Waals surface area (Å²) >= 11 is 0. The number of rotatable bonds is 2. The van der Waals surface area contributed by atoms with E-state index >= 15 is 0 Å². The smallest absolute Gasteiger partial charge is 0.209 e. The van der Waals surface area contributed by atoms with Crippen LogP contribution in [-0.2, 0) is 15.4 Å². The van der Waals surface area contributed by atoms with Crippen LogP contribution in [0.5, 0.6) is 0 Å². The SMILES string of the molecule is CC1(C)CC(NS(C)(=O)=O)c2ccccc21. The molecule has 0 heterocycles. The third-order valence-corrected chi connectivity index (χ3v) is 3.85. The molecule has 4 heteroatoms. The maximum Gasteiger partial charge on any atom is 0.209 e. The van der Waals surface area contributed by atoms with Crippen molar-refractivity contribution >= 4 is 10.0 Å². The number of hydrogen-bond donors (Lipinski definition) is 1. The van der Waals surface area contributed by atoms with E-state index in [0.717, 1.165) is 12.0 Å². The van der Waals surface area contributed by atoms with Crippen LogP contribution < -0.4 is 4.72 Å². The summed E-state index contributed by atoms with van der Waals surface area (Å²) in [6, 6.07) is 7.97. The lowest BCUT2D eigenvalue weighted by Crippen LogP contribution is -2.27. The van der Waals surface area contributed by atoms with Crippen LogP contribution in [0.15, 0.2) is 24.3 Å². The number of hydrogen-bond acceptors (Lipinski definition) is 2. The van der Waals surface area contributed by atoms with Gasteiger partial charge in [0, 0.05) is 6.04 Å². The predicted molar refractivity (Wildman–Crippen MR) is 64.8 cm³/mol. The molecule has 0 aliphatic heterocycles. The van der Waals surface area contributed by atoms with Crippen LogP contribution in [0.25, 0.3) is 0 Å². The van der Waals surface area contributed by atoms with Gasteiger partial charge in [0.15, 0.2) is 0 Å². The first-order valence-corrected chi connectivity index (χ1v) is 7.25. The van der Waals surface area contributed by atoms with Gasteiger partial charge >= 0.3 is 0 Å². The highest BCUT2D eigenvalue weighted by molar-refractivity contribution is 7.88. The average molecular weight is 239 g/mol. The number of benzene rings is 1. The van der Waals surface area contributed by atoms with Crippen LogP contribution in [0.3, 0.4) is 0 Å². The average Bonchev–Trinajstić information content (AvgIpc) is 2.37. The van der Waals surface area contributed by atoms with E-state index in [4.69, 9.17) is 0 Å². The minimum Gasteiger partial charge on any atom is -0.213 e. The van der Waals surface area contributed by atoms with Gasteiger partial charge in [-0.2, -0.15) is 0 Å². The number of sulfonamides is 1. The summed E-state index contributed by atoms with van der Waals surface area (Å²) in [4.78, 5) is 0. The van der Waals surface area contributed by atoms with Crippen molar-refractivity contribution < 1.29 is 8.42 Å². The van der Waals surface area contributed by atoms with Gasteiger partial charge in [0.1, 0.15) is 0 Å². The second-order valence-corrected chi connectivity index (χ2v) is 6.90. The Balaban J connectivity index is 2.41. The van der Waals surface area contributed by atoms with E-state index in [1.54, 1.807) is 0 Å². The predicted octanol–water partition coefficient (Wildman–Crippen LogP) is 1.96. The van der Waals surface area contributed by atoms with E-state index in [9.17, 15) is 8.42 Å². The Morgan fingerprint density at radius 2 is 1.94 bits per heavy atom. The topological polar surface area (TPSA) is 46.2 Å². The highest BCUT2D eigenvalue weighted by atomic mass is 32.2. The molecule has 1 aromatic rings. The highest BCUT2D eigenvalue weighted by Gasteiger charge is 2.37. The third kappa shape index (κ3) is 2.13. The molecule has 1 unspecified atom stereocenters. The summed E-state index contributed by atoms with van der Waals surface area (Å²) in [5.74, 6) is 0. The Kier molecular flexibility index (Phi) is 2.59. The van der Waals surface area contributed by atoms with Gasteiger partial charge < -0.3 is 0 Å². The van der Waals surface area contributed by atoms with Crippen molar-refractivity contribution in [2.24, 2.45) is 0 Å². The van der Waals surface area contributed by atoms with Crippen LogP contribution in [0.2, 0.25) is 0 Å². The van der Waals surface area contributed by atoms with E-state index in [-0.39, 0.29) is 11.5 Å². The Bertz CT molecular complexity index is 506. The molecule has 0 amide bonds. The first kappa shape index (κ1) is 11.6. The summed E-state index contributed by atoms with van der Waals surface area (Å²) in [7, 11) is -3.15. The van der Waals surface area contributed by atoms with E-state index in [2.05, 4.69) is 24.6 Å². The van der Waals surface area contributed by atoms with Crippen molar-refractivity contribution in [1.29, 1.82) is 0 Å². The van der Waals surface area contributed by atoms with Gasteiger partial charge in [-0.3, -0.25) is 0 Å². The van der Waals surface area contributed by atoms with Crippen LogP contribution >= 0.6 is 0 Å². The summed E-state index contributed by atoms with van der Waals surface area (Å²) in [6.07, 6.45) is 2.03. The normalized spacial score (nSPS) is 23.1. The molecule has 0 spiro atoms. The molecule has 88 valence electrons. The van der Waals surface area contributed by atoms with Crippen LogP contribution in [-0.4, -0.2) is 14.7 Å². The number of fused-ring (bicyclic) bond motifs is 1. The molecule has 0 radical (unpaired) electrons. The molecule has 0 bridgehead atoms. The molecule has 0 fully saturated rings. The van der Waals surface area contributed by atoms with Crippen molar-refractivity contribution in [2.75, 3.05) is 6.26 Å². The first-order chi connectivity index (χ1) is 7.30. The molecular weight excluding hydrogens is 222 g/mol. The lowest BCUT2D eigenvalue weighted by Gasteiger charge is -2.19. The van der Waals surface area contributed by atoms with Crippen molar-refractivity contribution in [3.05, 3.63) is 35.4 Å². The second-order valence-electron chi connectivity index (χ2n) is 5.12. The fraction of sp³-hybridized carbons (Fsp3) is 0.500. The maximum absolute atomic E-state index is 11.3. The second kappa shape index (κ2) is 3.57. The van der Waals surface area contributed by atoms with E-state index in [0.29, 0.717) is 0 Å². The first-order valence-electron chi connectivity index (χ1n) is 5.36. The van der Waals surface area contributed by atoms with Gasteiger partial charge in [-0.25, -0.2) is 13.1 Å². The van der Waals surface area contributed by atoms with Gasteiger partial charge in [-0.1, -0.05) is 38.1 Å². The molecule has 0 saturated carbocycles. The number of nitrogens with one attached hydrogen (secondary N) is 1. The highest BCUT2D eigenvalue weighted by Crippen LogP contribution is 2.44. The monoisotopic (exact) mass is 239 g/mol. The minimum atomic E-state index is -3.15. The molecule has 1 aromatic carbocycles. The maximum atomic E-state index is 11.3. The van der Waals surface area contributed by atoms with Gasteiger partial charge in [-0.15, -0.1) is 0 Å². The third-order valence-electron chi connectivity index (χ3n) is 3.14. The van der Waals surface area contributed by atoms with Gasteiger partial charge in [0.25, 0.3) is 0 Å². The van der Waals surface area contributed by atoms with Crippen molar-refractivity contribution in [3.63, 3.8) is 0 Å². The van der Waals surface area contributed by atoms with Crippen LogP contribution in [0, 0.1) is 0 Å². The van der Waals surface area contributed by atoms with E-state index in [1.165, 1.54) is 11.8 Å². The zero-order valence-electron chi connectivity index (χ0n) is 9.82. The van der Waals surface area contributed by atoms with Crippen LogP contribution in [0.4, 0.5) is 0 Å². The van der Waals surface area contributed by atoms with Crippen molar-refractivity contribution in [1.82, 2.24) is 4.72 Å². The molecule has 2 rings (SSSR count). The molecule has 1 aliphatic carbocycles. The molecule has 16 heavy (non-hydrogen) atoms. The van der Waals surface area contributed by atoms with Gasteiger partial charge in [-0.05, 0) is 23.0 Å². The fourth-order valence-corrected chi connectivity index (χ4v) is 3.24. The molecule has 1 N–H and O–H groups in total. The molecular formula is C12H17NO2S. The molecule has 0 saturated heterocycles. The molecule has 3 nitrogen and oxygen atoms in total. The zero-order chi connectivity index (χ0) is 12.0. The van der Waals surface area contributed by atoms with Gasteiger partial charge in [0.05, 0.1) is 6.26 Å². The van der Waals surface area contributed by atoms with E-state index < -0.39 is 10.0 Å². The Labute approximate surface area is 96.9 Å². The van der Waals surface area contributed by atoms with Crippen molar-refractivity contribution in [2.45, 2.75) is 31.7 Å². The van der Waals surface area contributed by atoms with Gasteiger partial charge in [0.2, 0.25) is 10.0 Å². The van der Waals surface area contributed by atoms with Crippen LogP contribution in [0.1, 0.15) is 37.4 Å². The Morgan fingerprint density at radius 1 is 1.31 bits per heavy atom. The lowest BCUT2D eigenvalue weighted by atomic mass is 9.87.